The van der Waals surface area contributed by atoms with E-state index >= 15 is 0 Å². The van der Waals surface area contributed by atoms with E-state index in [2.05, 4.69) is 5.43 Å². The predicted octanol–water partition coefficient (Wildman–Crippen LogP) is 1.08. The smallest absolute Gasteiger partial charge is 0.324 e. The molecule has 0 saturated carbocycles. The fourth-order valence-corrected chi connectivity index (χ4v) is 0.883. The molecule has 0 amide bonds. The van der Waals surface area contributed by atoms with Gasteiger partial charge < -0.3 is 20.1 Å². The summed E-state index contributed by atoms with van der Waals surface area (Å²) in [6.07, 6.45) is 4.05. The number of phosphoric acid groups is 1. The summed E-state index contributed by atoms with van der Waals surface area (Å²) in [5, 5.41) is 0. The van der Waals surface area contributed by atoms with Gasteiger partial charge in [0.15, 0.2) is 0 Å². The van der Waals surface area contributed by atoms with Gasteiger partial charge in [0.2, 0.25) is 0 Å². The highest BCUT2D eigenvalue weighted by atomic mass is 31.2. The van der Waals surface area contributed by atoms with Crippen LogP contribution in [0.15, 0.2) is 30.3 Å². The lowest BCUT2D eigenvalue weighted by Gasteiger charge is -1.98. The Hall–Kier alpha value is -1.17. The van der Waals surface area contributed by atoms with Crippen LogP contribution in [0.4, 0.5) is 5.69 Å². The Morgan fingerprint density at radius 1 is 1.25 bits per heavy atom. The van der Waals surface area contributed by atoms with E-state index < -0.39 is 7.82 Å². The maximum Gasteiger partial charge on any atom is 0.466 e. The zero-order chi connectivity index (χ0) is 12.6. The van der Waals surface area contributed by atoms with E-state index in [0.29, 0.717) is 0 Å². The second kappa shape index (κ2) is 7.16. The summed E-state index contributed by atoms with van der Waals surface area (Å²) in [6, 6.07) is 7.90. The summed E-state index contributed by atoms with van der Waals surface area (Å²) >= 11 is 0. The van der Waals surface area contributed by atoms with Crippen molar-refractivity contribution in [1.82, 2.24) is 0 Å². The molecule has 1 aromatic rings. The zero-order valence-corrected chi connectivity index (χ0v) is 9.63. The number of benzene rings is 1. The first kappa shape index (κ1) is 14.8. The van der Waals surface area contributed by atoms with Crippen LogP contribution in [0.1, 0.15) is 12.5 Å². The molecule has 0 radical (unpaired) electrons. The van der Waals surface area contributed by atoms with Gasteiger partial charge in [-0.25, -0.2) is 4.57 Å². The normalized spacial score (nSPS) is 10.8. The molecule has 1 aromatic carbocycles. The average Bonchev–Trinajstić information content (AvgIpc) is 2.17. The highest BCUT2D eigenvalue weighted by molar-refractivity contribution is 7.45. The Morgan fingerprint density at radius 3 is 2.00 bits per heavy atom. The third-order valence-electron chi connectivity index (χ3n) is 1.44. The molecule has 0 fully saturated rings. The fraction of sp³-hybridized carbons (Fsp3) is 0.111. The lowest BCUT2D eigenvalue weighted by Crippen LogP contribution is -2.05. The molecule has 0 aromatic heterocycles. The monoisotopic (exact) mass is 246 g/mol. The Labute approximate surface area is 93.6 Å². The molecule has 0 unspecified atom stereocenters. The summed E-state index contributed by atoms with van der Waals surface area (Å²) < 4.78 is 8.88. The second-order valence-electron chi connectivity index (χ2n) is 2.78. The van der Waals surface area contributed by atoms with E-state index in [4.69, 9.17) is 25.1 Å². The summed E-state index contributed by atoms with van der Waals surface area (Å²) in [4.78, 5) is 21.6. The molecule has 0 saturated heterocycles. The zero-order valence-electron chi connectivity index (χ0n) is 8.74. The summed E-state index contributed by atoms with van der Waals surface area (Å²) in [7, 11) is -4.64. The van der Waals surface area contributed by atoms with E-state index in [1.807, 2.05) is 43.3 Å². The van der Waals surface area contributed by atoms with Gasteiger partial charge in [-0.2, -0.15) is 0 Å². The van der Waals surface area contributed by atoms with Crippen LogP contribution in [0.2, 0.25) is 0 Å². The van der Waals surface area contributed by atoms with Crippen LogP contribution < -0.4 is 11.3 Å². The van der Waals surface area contributed by atoms with Crippen LogP contribution in [0, 0.1) is 0 Å². The van der Waals surface area contributed by atoms with E-state index in [1.54, 1.807) is 0 Å². The van der Waals surface area contributed by atoms with Crippen LogP contribution in [-0.2, 0) is 4.57 Å². The minimum absolute atomic E-state index is 0.929. The number of nitrogens with two attached hydrogens (primary N) is 1. The van der Waals surface area contributed by atoms with Crippen LogP contribution in [-0.4, -0.2) is 14.7 Å². The Balaban J connectivity index is 0.000000385. The topological polar surface area (TPSA) is 116 Å². The molecule has 16 heavy (non-hydrogen) atoms. The third kappa shape index (κ3) is 9.39. The number of hydrogen-bond donors (Lipinski definition) is 5. The van der Waals surface area contributed by atoms with Crippen LogP contribution in [0.3, 0.4) is 0 Å². The molecule has 6 N–H and O–H groups in total. The number of hydrogen-bond acceptors (Lipinski definition) is 3. The molecule has 0 aliphatic carbocycles. The highest BCUT2D eigenvalue weighted by Gasteiger charge is 2.00. The van der Waals surface area contributed by atoms with Crippen molar-refractivity contribution >= 4 is 19.6 Å². The molecular weight excluding hydrogens is 231 g/mol. The van der Waals surface area contributed by atoms with Crippen molar-refractivity contribution in [3.8, 4) is 0 Å². The number of hydrazine groups is 1. The Kier molecular flexibility index (Phi) is 6.64. The standard InChI is InChI=1S/C9H12N2.H3O4P/c1-2-3-8-4-6-9(11-10)7-5-8;1-5(2,3)4/h2-7,11H,10H2,1H3;(H3,1,2,3,4). The summed E-state index contributed by atoms with van der Waals surface area (Å²) in [5.74, 6) is 5.21. The number of rotatable bonds is 2. The number of anilines is 1. The van der Waals surface area contributed by atoms with Gasteiger partial charge in [-0.1, -0.05) is 24.3 Å². The van der Waals surface area contributed by atoms with Gasteiger partial charge in [0.25, 0.3) is 0 Å². The largest absolute Gasteiger partial charge is 0.466 e. The van der Waals surface area contributed by atoms with Gasteiger partial charge >= 0.3 is 7.82 Å². The van der Waals surface area contributed by atoms with E-state index in [0.717, 1.165) is 5.69 Å². The van der Waals surface area contributed by atoms with Crippen molar-refractivity contribution in [2.75, 3.05) is 5.43 Å². The molecular formula is C9H15N2O4P. The maximum absolute atomic E-state index is 8.88. The lowest BCUT2D eigenvalue weighted by molar-refractivity contribution is 0.275. The van der Waals surface area contributed by atoms with Crippen LogP contribution in [0.25, 0.3) is 6.08 Å². The van der Waals surface area contributed by atoms with Gasteiger partial charge in [0, 0.05) is 5.69 Å². The molecule has 1 rings (SSSR count). The Bertz CT molecular complexity index is 363. The lowest BCUT2D eigenvalue weighted by atomic mass is 10.2. The molecule has 0 heterocycles. The maximum atomic E-state index is 8.88. The third-order valence-corrected chi connectivity index (χ3v) is 1.44. The molecule has 0 aliphatic rings. The molecule has 0 spiro atoms. The van der Waals surface area contributed by atoms with Gasteiger partial charge in [0.1, 0.15) is 0 Å². The van der Waals surface area contributed by atoms with Gasteiger partial charge in [-0.3, -0.25) is 5.84 Å². The van der Waals surface area contributed by atoms with E-state index in [-0.39, 0.29) is 0 Å². The second-order valence-corrected chi connectivity index (χ2v) is 3.81. The molecule has 0 bridgehead atoms. The molecule has 0 atom stereocenters. The molecule has 7 heteroatoms. The van der Waals surface area contributed by atoms with Gasteiger partial charge in [-0.15, -0.1) is 0 Å². The SMILES string of the molecule is CC=Cc1ccc(NN)cc1.O=P(O)(O)O. The van der Waals surface area contributed by atoms with Crippen molar-refractivity contribution < 1.29 is 19.2 Å². The molecule has 6 nitrogen and oxygen atoms in total. The minimum Gasteiger partial charge on any atom is -0.324 e. The van der Waals surface area contributed by atoms with Crippen LogP contribution in [0.5, 0.6) is 0 Å². The number of allylic oxidation sites excluding steroid dienone is 1. The molecule has 0 aliphatic heterocycles. The van der Waals surface area contributed by atoms with Gasteiger partial charge in [0.05, 0.1) is 0 Å². The first-order valence-corrected chi connectivity index (χ1v) is 5.91. The number of nitrogens with one attached hydrogen (secondary N) is 1. The van der Waals surface area contributed by atoms with Gasteiger partial charge in [-0.05, 0) is 24.6 Å². The van der Waals surface area contributed by atoms with Crippen molar-refractivity contribution in [2.24, 2.45) is 5.84 Å². The molecule has 90 valence electrons. The van der Waals surface area contributed by atoms with Crippen LogP contribution >= 0.6 is 7.82 Å². The fourth-order valence-electron chi connectivity index (χ4n) is 0.883. The predicted molar refractivity (Wildman–Crippen MR) is 63.2 cm³/mol. The van der Waals surface area contributed by atoms with E-state index in [1.165, 1.54) is 5.56 Å². The minimum atomic E-state index is -4.64. The number of nitrogen functional groups attached to an aromatic ring is 1. The summed E-state index contributed by atoms with van der Waals surface area (Å²) in [6.45, 7) is 2.00. The summed E-state index contributed by atoms with van der Waals surface area (Å²) in [5.41, 5.74) is 4.69. The van der Waals surface area contributed by atoms with E-state index in [9.17, 15) is 0 Å². The van der Waals surface area contributed by atoms with Crippen molar-refractivity contribution in [1.29, 1.82) is 0 Å². The average molecular weight is 246 g/mol. The van der Waals surface area contributed by atoms with Crippen molar-refractivity contribution in [3.63, 3.8) is 0 Å². The highest BCUT2D eigenvalue weighted by Crippen LogP contribution is 2.25. The first-order chi connectivity index (χ1) is 7.36. The Morgan fingerprint density at radius 2 is 1.69 bits per heavy atom. The first-order valence-electron chi connectivity index (χ1n) is 4.34. The van der Waals surface area contributed by atoms with Crippen molar-refractivity contribution in [2.45, 2.75) is 6.92 Å². The quantitative estimate of drug-likeness (QED) is 0.303. The van der Waals surface area contributed by atoms with Crippen molar-refractivity contribution in [3.05, 3.63) is 35.9 Å².